The molecule has 1 amide bonds. The Kier molecular flexibility index (Phi) is 5.01. The van der Waals surface area contributed by atoms with Crippen LogP contribution >= 0.6 is 0 Å². The number of rotatable bonds is 6. The van der Waals surface area contributed by atoms with Gasteiger partial charge in [0.15, 0.2) is 0 Å². The lowest BCUT2D eigenvalue weighted by atomic mass is 9.69. The lowest BCUT2D eigenvalue weighted by Crippen LogP contribution is -2.45. The highest BCUT2D eigenvalue weighted by Crippen LogP contribution is 2.48. The fraction of sp³-hybridized carbons (Fsp3) is 0.375. The molecule has 0 spiro atoms. The Morgan fingerprint density at radius 2 is 1.81 bits per heavy atom. The predicted octanol–water partition coefficient (Wildman–Crippen LogP) is 4.63. The Hall–Kier alpha value is -2.80. The van der Waals surface area contributed by atoms with Crippen LogP contribution in [0.4, 0.5) is 13.2 Å². The van der Waals surface area contributed by atoms with Gasteiger partial charge in [0, 0.05) is 17.4 Å². The van der Waals surface area contributed by atoms with Crippen molar-refractivity contribution in [2.24, 2.45) is 11.8 Å². The van der Waals surface area contributed by atoms with E-state index >= 15 is 0 Å². The summed E-state index contributed by atoms with van der Waals surface area (Å²) >= 11 is 0. The molecular weight excluding hydrogens is 405 g/mol. The molecule has 1 unspecified atom stereocenters. The van der Waals surface area contributed by atoms with Crippen LogP contribution in [0.15, 0.2) is 36.4 Å². The number of carbonyl (C=O) groups excluding carboxylic acids is 1. The number of hydrogen-bond acceptors (Lipinski definition) is 2. The first-order chi connectivity index (χ1) is 14.9. The molecule has 0 radical (unpaired) electrons. The quantitative estimate of drug-likeness (QED) is 0.536. The first-order valence-corrected chi connectivity index (χ1v) is 10.6. The molecule has 5 rings (SSSR count). The second kappa shape index (κ2) is 7.71. The van der Waals surface area contributed by atoms with Crippen LogP contribution in [0, 0.1) is 29.3 Å². The van der Waals surface area contributed by atoms with Crippen LogP contribution in [0.2, 0.25) is 0 Å². The summed E-state index contributed by atoms with van der Waals surface area (Å²) in [7, 11) is 0. The topological polar surface area (TPSA) is 65.1 Å². The molecule has 2 saturated carbocycles. The monoisotopic (exact) mass is 428 g/mol. The number of carbonyl (C=O) groups is 1. The van der Waals surface area contributed by atoms with Gasteiger partial charge in [-0.1, -0.05) is 0 Å². The normalized spacial score (nSPS) is 21.7. The fourth-order valence-electron chi connectivity index (χ4n) is 4.69. The first kappa shape index (κ1) is 20.1. The molecule has 0 bridgehead atoms. The minimum absolute atomic E-state index is 0.0562. The summed E-state index contributed by atoms with van der Waals surface area (Å²) < 4.78 is 41.9. The van der Waals surface area contributed by atoms with E-state index in [4.69, 9.17) is 0 Å². The van der Waals surface area contributed by atoms with Crippen LogP contribution < -0.4 is 5.32 Å². The highest BCUT2D eigenvalue weighted by atomic mass is 19.1. The molecule has 7 heteroatoms. The second-order valence-electron chi connectivity index (χ2n) is 8.73. The number of aromatic nitrogens is 1. The van der Waals surface area contributed by atoms with Crippen molar-refractivity contribution in [2.45, 2.75) is 37.6 Å². The summed E-state index contributed by atoms with van der Waals surface area (Å²) in [5.74, 6) is -1.72. The van der Waals surface area contributed by atoms with E-state index in [1.54, 1.807) is 12.1 Å². The molecular formula is C24H23F3N2O2. The fourth-order valence-corrected chi connectivity index (χ4v) is 4.69. The van der Waals surface area contributed by atoms with E-state index in [0.29, 0.717) is 35.4 Å². The molecule has 1 heterocycles. The van der Waals surface area contributed by atoms with E-state index in [1.165, 1.54) is 18.2 Å². The van der Waals surface area contributed by atoms with Crippen LogP contribution in [0.3, 0.4) is 0 Å². The number of aliphatic hydroxyl groups excluding tert-OH is 1. The Bertz CT molecular complexity index is 1130. The zero-order valence-corrected chi connectivity index (χ0v) is 16.8. The van der Waals surface area contributed by atoms with Gasteiger partial charge in [-0.3, -0.25) is 4.79 Å². The Morgan fingerprint density at radius 1 is 1.10 bits per heavy atom. The maximum atomic E-state index is 14.5. The second-order valence-corrected chi connectivity index (χ2v) is 8.73. The minimum Gasteiger partial charge on any atom is -0.394 e. The summed E-state index contributed by atoms with van der Waals surface area (Å²) in [5, 5.41) is 12.9. The average molecular weight is 428 g/mol. The molecule has 0 saturated heterocycles. The summed E-state index contributed by atoms with van der Waals surface area (Å²) in [5.41, 5.74) is 2.26. The van der Waals surface area contributed by atoms with Crippen molar-refractivity contribution in [1.29, 1.82) is 0 Å². The number of amides is 1. The van der Waals surface area contributed by atoms with Crippen molar-refractivity contribution >= 4 is 16.8 Å². The van der Waals surface area contributed by atoms with Crippen molar-refractivity contribution in [2.75, 3.05) is 6.61 Å². The van der Waals surface area contributed by atoms with Gasteiger partial charge in [0.1, 0.15) is 17.5 Å². The predicted molar refractivity (Wildman–Crippen MR) is 111 cm³/mol. The number of benzene rings is 2. The van der Waals surface area contributed by atoms with E-state index in [0.717, 1.165) is 24.5 Å². The van der Waals surface area contributed by atoms with Gasteiger partial charge in [0.05, 0.1) is 23.9 Å². The van der Waals surface area contributed by atoms with Gasteiger partial charge in [0.25, 0.3) is 0 Å². The van der Waals surface area contributed by atoms with Gasteiger partial charge >= 0.3 is 0 Å². The van der Waals surface area contributed by atoms with Crippen molar-refractivity contribution in [1.82, 2.24) is 10.3 Å². The summed E-state index contributed by atoms with van der Waals surface area (Å²) in [4.78, 5) is 15.7. The van der Waals surface area contributed by atoms with E-state index in [1.807, 2.05) is 0 Å². The number of aliphatic hydroxyl groups is 1. The summed E-state index contributed by atoms with van der Waals surface area (Å²) in [6.07, 6.45) is 3.14. The van der Waals surface area contributed by atoms with E-state index in [2.05, 4.69) is 10.3 Å². The van der Waals surface area contributed by atoms with Crippen LogP contribution in [0.1, 0.15) is 37.2 Å². The summed E-state index contributed by atoms with van der Waals surface area (Å²) in [6, 6.07) is 7.79. The highest BCUT2D eigenvalue weighted by molar-refractivity contribution is 5.92. The van der Waals surface area contributed by atoms with Crippen molar-refractivity contribution in [3.8, 4) is 11.3 Å². The number of aromatic amines is 1. The van der Waals surface area contributed by atoms with Gasteiger partial charge in [-0.05, 0) is 79.0 Å². The zero-order valence-electron chi connectivity index (χ0n) is 16.8. The van der Waals surface area contributed by atoms with Crippen molar-refractivity contribution in [3.05, 3.63) is 59.4 Å². The van der Waals surface area contributed by atoms with Crippen molar-refractivity contribution < 1.29 is 23.1 Å². The molecule has 2 fully saturated rings. The highest BCUT2D eigenvalue weighted by Gasteiger charge is 2.40. The molecule has 2 aliphatic rings. The van der Waals surface area contributed by atoms with Crippen LogP contribution in [0.5, 0.6) is 0 Å². The summed E-state index contributed by atoms with van der Waals surface area (Å²) in [6.45, 7) is -0.0672. The Balaban J connectivity index is 1.44. The zero-order chi connectivity index (χ0) is 21.7. The molecule has 3 N–H and O–H groups in total. The minimum atomic E-state index is -0.687. The Labute approximate surface area is 177 Å². The third-order valence-corrected chi connectivity index (χ3v) is 6.63. The smallest absolute Gasteiger partial charge is 0.223 e. The molecule has 2 aromatic carbocycles. The molecule has 31 heavy (non-hydrogen) atoms. The maximum absolute atomic E-state index is 14.5. The average Bonchev–Trinajstić information content (AvgIpc) is 3.48. The van der Waals surface area contributed by atoms with Gasteiger partial charge in [-0.2, -0.15) is 0 Å². The molecule has 4 nitrogen and oxygen atoms in total. The molecule has 1 atom stereocenters. The number of H-pyrrole nitrogens is 1. The van der Waals surface area contributed by atoms with Gasteiger partial charge < -0.3 is 15.4 Å². The first-order valence-electron chi connectivity index (χ1n) is 10.6. The number of halogens is 3. The molecule has 2 aliphatic carbocycles. The number of hydrogen-bond donors (Lipinski definition) is 3. The van der Waals surface area contributed by atoms with Crippen LogP contribution in [0.25, 0.3) is 22.2 Å². The van der Waals surface area contributed by atoms with E-state index in [9.17, 15) is 23.1 Å². The third kappa shape index (κ3) is 3.71. The number of fused-ring (bicyclic) bond motifs is 1. The van der Waals surface area contributed by atoms with Crippen molar-refractivity contribution in [3.63, 3.8) is 0 Å². The van der Waals surface area contributed by atoms with Gasteiger partial charge in [-0.25, -0.2) is 13.2 Å². The van der Waals surface area contributed by atoms with E-state index in [-0.39, 0.29) is 41.7 Å². The van der Waals surface area contributed by atoms with E-state index < -0.39 is 11.6 Å². The largest absolute Gasteiger partial charge is 0.394 e. The number of nitrogens with one attached hydrogen (secondary N) is 2. The van der Waals surface area contributed by atoms with Crippen LogP contribution in [-0.2, 0) is 4.79 Å². The Morgan fingerprint density at radius 3 is 2.45 bits per heavy atom. The lowest BCUT2D eigenvalue weighted by Gasteiger charge is -2.36. The van der Waals surface area contributed by atoms with Crippen LogP contribution in [-0.4, -0.2) is 28.6 Å². The van der Waals surface area contributed by atoms with Gasteiger partial charge in [-0.15, -0.1) is 0 Å². The molecule has 162 valence electrons. The molecule has 3 aromatic rings. The lowest BCUT2D eigenvalue weighted by molar-refractivity contribution is -0.129. The SMILES string of the molecule is O=C(NC(CO)C1CC1)[C@H]1C[C@H](c2c(-c3ccc(F)cc3)[nH]c3c(F)cc(F)cc32)C1. The standard InChI is InChI=1S/C24H23F3N2O2/c25-16-5-3-13(4-6-16)22-21(18-9-17(26)10-19(27)23(18)29-22)14-7-15(8-14)24(31)28-20(11-30)12-1-2-12/h3-6,9-10,12,14-15,20,29-30H,1-2,7-8,11H2,(H,28,31)/t14-,15-,20?. The molecule has 1 aromatic heterocycles. The third-order valence-electron chi connectivity index (χ3n) is 6.63. The maximum Gasteiger partial charge on any atom is 0.223 e. The molecule has 0 aliphatic heterocycles. The van der Waals surface area contributed by atoms with Gasteiger partial charge in [0.2, 0.25) is 5.91 Å².